The standard InChI is InChI=1S/C11H11BrN2O2/c1-14-6-10(12)13-11(14)7-16-9-5-3-2-4-8(9)15/h2-6,15H,7H2,1H3. The zero-order chi connectivity index (χ0) is 11.5. The van der Waals surface area contributed by atoms with Crippen molar-refractivity contribution in [2.24, 2.45) is 7.05 Å². The third kappa shape index (κ3) is 2.36. The fourth-order valence-electron chi connectivity index (χ4n) is 1.32. The van der Waals surface area contributed by atoms with Gasteiger partial charge in [0.05, 0.1) is 0 Å². The Morgan fingerprint density at radius 1 is 1.44 bits per heavy atom. The van der Waals surface area contributed by atoms with Crippen molar-refractivity contribution in [3.8, 4) is 11.5 Å². The molecule has 1 aromatic carbocycles. The number of rotatable bonds is 3. The number of benzene rings is 1. The summed E-state index contributed by atoms with van der Waals surface area (Å²) in [4.78, 5) is 4.23. The Bertz CT molecular complexity index is 496. The van der Waals surface area contributed by atoms with E-state index in [0.29, 0.717) is 12.4 Å². The monoisotopic (exact) mass is 282 g/mol. The second kappa shape index (κ2) is 4.57. The molecule has 84 valence electrons. The normalized spacial score (nSPS) is 10.4. The van der Waals surface area contributed by atoms with Crippen LogP contribution in [0.3, 0.4) is 0 Å². The minimum Gasteiger partial charge on any atom is -0.504 e. The lowest BCUT2D eigenvalue weighted by Gasteiger charge is -2.07. The van der Waals surface area contributed by atoms with E-state index in [2.05, 4.69) is 20.9 Å². The van der Waals surface area contributed by atoms with E-state index in [4.69, 9.17) is 4.74 Å². The number of halogens is 1. The average molecular weight is 283 g/mol. The van der Waals surface area contributed by atoms with Gasteiger partial charge < -0.3 is 14.4 Å². The molecule has 0 amide bonds. The molecule has 2 aromatic rings. The number of hydrogen-bond acceptors (Lipinski definition) is 3. The van der Waals surface area contributed by atoms with Gasteiger partial charge in [0.2, 0.25) is 0 Å². The molecule has 0 aliphatic rings. The highest BCUT2D eigenvalue weighted by Crippen LogP contribution is 2.25. The Morgan fingerprint density at radius 3 is 2.81 bits per heavy atom. The Balaban J connectivity index is 2.08. The smallest absolute Gasteiger partial charge is 0.161 e. The van der Waals surface area contributed by atoms with E-state index in [9.17, 15) is 5.11 Å². The van der Waals surface area contributed by atoms with Crippen molar-refractivity contribution in [1.82, 2.24) is 9.55 Å². The summed E-state index contributed by atoms with van der Waals surface area (Å²) in [6.07, 6.45) is 1.85. The molecule has 0 fully saturated rings. The number of phenols is 1. The molecule has 2 rings (SSSR count). The van der Waals surface area contributed by atoms with Crippen LogP contribution in [0.5, 0.6) is 11.5 Å². The van der Waals surface area contributed by atoms with Crippen LogP contribution in [0.1, 0.15) is 5.82 Å². The molecule has 0 atom stereocenters. The fourth-order valence-corrected chi connectivity index (χ4v) is 1.83. The van der Waals surface area contributed by atoms with Crippen molar-refractivity contribution >= 4 is 15.9 Å². The van der Waals surface area contributed by atoms with Crippen LogP contribution in [0.4, 0.5) is 0 Å². The van der Waals surface area contributed by atoms with Gasteiger partial charge >= 0.3 is 0 Å². The summed E-state index contributed by atoms with van der Waals surface area (Å²) >= 11 is 3.29. The highest BCUT2D eigenvalue weighted by atomic mass is 79.9. The van der Waals surface area contributed by atoms with Crippen LogP contribution in [0, 0.1) is 0 Å². The van der Waals surface area contributed by atoms with Crippen molar-refractivity contribution in [2.45, 2.75) is 6.61 Å². The van der Waals surface area contributed by atoms with Crippen LogP contribution >= 0.6 is 15.9 Å². The van der Waals surface area contributed by atoms with Crippen molar-refractivity contribution in [2.75, 3.05) is 0 Å². The van der Waals surface area contributed by atoms with Crippen molar-refractivity contribution in [1.29, 1.82) is 0 Å². The largest absolute Gasteiger partial charge is 0.504 e. The third-order valence-corrected chi connectivity index (χ3v) is 2.55. The Hall–Kier alpha value is -1.49. The topological polar surface area (TPSA) is 47.3 Å². The number of aromatic hydroxyl groups is 1. The molecule has 0 spiro atoms. The lowest BCUT2D eigenvalue weighted by molar-refractivity contribution is 0.277. The minimum absolute atomic E-state index is 0.135. The van der Waals surface area contributed by atoms with E-state index in [1.807, 2.05) is 23.9 Å². The molecule has 1 N–H and O–H groups in total. The van der Waals surface area contributed by atoms with Gasteiger partial charge in [0, 0.05) is 13.2 Å². The highest BCUT2D eigenvalue weighted by Gasteiger charge is 2.05. The zero-order valence-corrected chi connectivity index (χ0v) is 10.3. The first-order valence-electron chi connectivity index (χ1n) is 4.75. The number of para-hydroxylation sites is 2. The van der Waals surface area contributed by atoms with Crippen LogP contribution in [-0.4, -0.2) is 14.7 Å². The minimum atomic E-state index is 0.135. The van der Waals surface area contributed by atoms with Crippen LogP contribution in [0.15, 0.2) is 35.1 Å². The maximum atomic E-state index is 9.50. The quantitative estimate of drug-likeness (QED) is 0.941. The molecule has 0 bridgehead atoms. The summed E-state index contributed by atoms with van der Waals surface area (Å²) < 4.78 is 8.10. The van der Waals surface area contributed by atoms with Gasteiger partial charge in [0.1, 0.15) is 17.0 Å². The summed E-state index contributed by atoms with van der Waals surface area (Å²) in [6, 6.07) is 6.86. The number of imidazole rings is 1. The second-order valence-corrected chi connectivity index (χ2v) is 4.16. The predicted octanol–water partition coefficient (Wildman–Crippen LogP) is 2.47. The molecular weight excluding hydrogens is 272 g/mol. The molecule has 0 unspecified atom stereocenters. The van der Waals surface area contributed by atoms with Gasteiger partial charge in [0.15, 0.2) is 11.5 Å². The summed E-state index contributed by atoms with van der Waals surface area (Å²) in [5.41, 5.74) is 0. The van der Waals surface area contributed by atoms with Gasteiger partial charge in [-0.25, -0.2) is 4.98 Å². The number of aromatic nitrogens is 2. The molecule has 4 nitrogen and oxygen atoms in total. The maximum absolute atomic E-state index is 9.50. The first kappa shape index (κ1) is 11.0. The molecule has 1 heterocycles. The molecule has 16 heavy (non-hydrogen) atoms. The second-order valence-electron chi connectivity index (χ2n) is 3.35. The Labute approximate surface area is 102 Å². The van der Waals surface area contributed by atoms with Crippen molar-refractivity contribution in [3.63, 3.8) is 0 Å². The van der Waals surface area contributed by atoms with Crippen LogP contribution in [-0.2, 0) is 13.7 Å². The van der Waals surface area contributed by atoms with Gasteiger partial charge in [-0.3, -0.25) is 0 Å². The van der Waals surface area contributed by atoms with Crippen LogP contribution < -0.4 is 4.74 Å². The lowest BCUT2D eigenvalue weighted by atomic mass is 10.3. The molecule has 0 aliphatic heterocycles. The predicted molar refractivity (Wildman–Crippen MR) is 63.3 cm³/mol. The van der Waals surface area contributed by atoms with Gasteiger partial charge in [-0.1, -0.05) is 12.1 Å². The molecule has 0 radical (unpaired) electrons. The molecule has 0 saturated heterocycles. The van der Waals surface area contributed by atoms with Gasteiger partial charge in [-0.15, -0.1) is 0 Å². The number of phenolic OH excluding ortho intramolecular Hbond substituents is 1. The van der Waals surface area contributed by atoms with E-state index in [-0.39, 0.29) is 5.75 Å². The lowest BCUT2D eigenvalue weighted by Crippen LogP contribution is -2.02. The third-order valence-electron chi connectivity index (χ3n) is 2.17. The number of ether oxygens (including phenoxy) is 1. The summed E-state index contributed by atoms with van der Waals surface area (Å²) in [5, 5.41) is 9.50. The molecule has 5 heteroatoms. The highest BCUT2D eigenvalue weighted by molar-refractivity contribution is 9.10. The first-order chi connectivity index (χ1) is 7.66. The molecule has 0 aliphatic carbocycles. The first-order valence-corrected chi connectivity index (χ1v) is 5.54. The van der Waals surface area contributed by atoms with Crippen molar-refractivity contribution < 1.29 is 9.84 Å². The zero-order valence-electron chi connectivity index (χ0n) is 8.72. The number of aryl methyl sites for hydroxylation is 1. The van der Waals surface area contributed by atoms with E-state index in [1.165, 1.54) is 0 Å². The molecular formula is C11H11BrN2O2. The van der Waals surface area contributed by atoms with Crippen molar-refractivity contribution in [3.05, 3.63) is 40.9 Å². The summed E-state index contributed by atoms with van der Waals surface area (Å²) in [6.45, 7) is 0.319. The summed E-state index contributed by atoms with van der Waals surface area (Å²) in [5.74, 6) is 1.38. The SMILES string of the molecule is Cn1cc(Br)nc1COc1ccccc1O. The number of hydrogen-bond donors (Lipinski definition) is 1. The van der Waals surface area contributed by atoms with Gasteiger partial charge in [0.25, 0.3) is 0 Å². The fraction of sp³-hybridized carbons (Fsp3) is 0.182. The molecule has 1 aromatic heterocycles. The van der Waals surface area contributed by atoms with Gasteiger partial charge in [-0.2, -0.15) is 0 Å². The number of nitrogens with zero attached hydrogens (tertiary/aromatic N) is 2. The van der Waals surface area contributed by atoms with Crippen LogP contribution in [0.2, 0.25) is 0 Å². The van der Waals surface area contributed by atoms with Crippen LogP contribution in [0.25, 0.3) is 0 Å². The average Bonchev–Trinajstić information content (AvgIpc) is 2.56. The van der Waals surface area contributed by atoms with E-state index < -0.39 is 0 Å². The van der Waals surface area contributed by atoms with Gasteiger partial charge in [-0.05, 0) is 28.1 Å². The Kier molecular flexibility index (Phi) is 3.14. The molecule has 0 saturated carbocycles. The van der Waals surface area contributed by atoms with E-state index in [0.717, 1.165) is 10.4 Å². The Morgan fingerprint density at radius 2 is 2.19 bits per heavy atom. The van der Waals surface area contributed by atoms with E-state index in [1.54, 1.807) is 18.2 Å². The maximum Gasteiger partial charge on any atom is 0.161 e. The summed E-state index contributed by atoms with van der Waals surface area (Å²) in [7, 11) is 1.89. The van der Waals surface area contributed by atoms with E-state index >= 15 is 0 Å².